The van der Waals surface area contributed by atoms with Crippen molar-refractivity contribution in [2.75, 3.05) is 25.7 Å². The van der Waals surface area contributed by atoms with Gasteiger partial charge in [0, 0.05) is 18.3 Å². The molecule has 0 saturated carbocycles. The number of halogens is 1. The second-order valence-corrected chi connectivity index (χ2v) is 6.65. The highest BCUT2D eigenvalue weighted by molar-refractivity contribution is 9.10. The molecule has 0 aliphatic rings. The van der Waals surface area contributed by atoms with Crippen molar-refractivity contribution in [3.63, 3.8) is 0 Å². The van der Waals surface area contributed by atoms with Crippen molar-refractivity contribution in [1.29, 1.82) is 0 Å². The number of thioether (sulfide) groups is 1. The first-order valence-corrected chi connectivity index (χ1v) is 8.36. The van der Waals surface area contributed by atoms with Gasteiger partial charge in [-0.1, -0.05) is 6.07 Å². The van der Waals surface area contributed by atoms with Gasteiger partial charge < -0.3 is 15.2 Å². The van der Waals surface area contributed by atoms with E-state index in [2.05, 4.69) is 28.2 Å². The molecule has 1 aromatic carbocycles. The Balaban J connectivity index is 2.63. The fraction of sp³-hybridized carbons (Fsp3) is 0.571. The van der Waals surface area contributed by atoms with E-state index >= 15 is 0 Å². The summed E-state index contributed by atoms with van der Waals surface area (Å²) in [6.45, 7) is 4.51. The van der Waals surface area contributed by atoms with E-state index in [0.717, 1.165) is 21.5 Å². The lowest BCUT2D eigenvalue weighted by atomic mass is 10.1. The Morgan fingerprint density at radius 1 is 1.53 bits per heavy atom. The van der Waals surface area contributed by atoms with E-state index in [-0.39, 0.29) is 6.04 Å². The molecule has 0 aliphatic carbocycles. The maximum Gasteiger partial charge on any atom is 0.133 e. The normalized spacial score (nSPS) is 15.9. The van der Waals surface area contributed by atoms with Gasteiger partial charge in [-0.3, -0.25) is 0 Å². The van der Waals surface area contributed by atoms with Crippen LogP contribution < -0.4 is 10.1 Å². The minimum atomic E-state index is -0.683. The van der Waals surface area contributed by atoms with Crippen LogP contribution >= 0.6 is 27.7 Å². The van der Waals surface area contributed by atoms with E-state index < -0.39 is 5.60 Å². The smallest absolute Gasteiger partial charge is 0.133 e. The summed E-state index contributed by atoms with van der Waals surface area (Å²) in [6.07, 6.45) is 2.00. The zero-order chi connectivity index (χ0) is 14.5. The van der Waals surface area contributed by atoms with E-state index in [1.54, 1.807) is 18.9 Å². The summed E-state index contributed by atoms with van der Waals surface area (Å²) in [5, 5.41) is 13.5. The molecule has 0 fully saturated rings. The van der Waals surface area contributed by atoms with Crippen LogP contribution in [0.4, 0.5) is 0 Å². The largest absolute Gasteiger partial charge is 0.496 e. The zero-order valence-corrected chi connectivity index (χ0v) is 14.3. The lowest BCUT2D eigenvalue weighted by Crippen LogP contribution is -2.40. The van der Waals surface area contributed by atoms with Gasteiger partial charge in [0.05, 0.1) is 17.2 Å². The Morgan fingerprint density at radius 2 is 2.21 bits per heavy atom. The van der Waals surface area contributed by atoms with Crippen molar-refractivity contribution in [3.05, 3.63) is 28.2 Å². The Labute approximate surface area is 128 Å². The van der Waals surface area contributed by atoms with Crippen LogP contribution in [0, 0.1) is 0 Å². The SMILES string of the molecule is COc1ccc(C(C)NCC(C)(O)CSC)cc1Br. The second-order valence-electron chi connectivity index (χ2n) is 4.93. The number of rotatable bonds is 7. The third kappa shape index (κ3) is 5.34. The van der Waals surface area contributed by atoms with Crippen molar-refractivity contribution in [3.8, 4) is 5.75 Å². The van der Waals surface area contributed by atoms with Crippen molar-refractivity contribution in [2.45, 2.75) is 25.5 Å². The highest BCUT2D eigenvalue weighted by Crippen LogP contribution is 2.28. The van der Waals surface area contributed by atoms with E-state index in [1.807, 2.05) is 31.4 Å². The fourth-order valence-corrected chi connectivity index (χ4v) is 3.09. The van der Waals surface area contributed by atoms with Gasteiger partial charge >= 0.3 is 0 Å². The average molecular weight is 348 g/mol. The summed E-state index contributed by atoms with van der Waals surface area (Å²) in [6, 6.07) is 6.19. The first-order chi connectivity index (χ1) is 8.89. The van der Waals surface area contributed by atoms with E-state index in [1.165, 1.54) is 0 Å². The Hall–Kier alpha value is -0.230. The predicted octanol–water partition coefficient (Wildman–Crippen LogP) is 3.22. The van der Waals surface area contributed by atoms with E-state index in [4.69, 9.17) is 4.74 Å². The molecule has 108 valence electrons. The number of nitrogens with one attached hydrogen (secondary N) is 1. The minimum absolute atomic E-state index is 0.176. The van der Waals surface area contributed by atoms with Crippen LogP contribution in [0.3, 0.4) is 0 Å². The number of hydrogen-bond donors (Lipinski definition) is 2. The van der Waals surface area contributed by atoms with Crippen LogP contribution in [0.2, 0.25) is 0 Å². The first kappa shape index (κ1) is 16.8. The number of benzene rings is 1. The average Bonchev–Trinajstić information content (AvgIpc) is 2.36. The molecule has 2 atom stereocenters. The summed E-state index contributed by atoms with van der Waals surface area (Å²) in [5.74, 6) is 1.55. The van der Waals surface area contributed by atoms with Crippen LogP contribution in [0.1, 0.15) is 25.5 Å². The molecule has 5 heteroatoms. The second kappa shape index (κ2) is 7.53. The summed E-state index contributed by atoms with van der Waals surface area (Å²) < 4.78 is 6.16. The minimum Gasteiger partial charge on any atom is -0.496 e. The highest BCUT2D eigenvalue weighted by Gasteiger charge is 2.20. The maximum atomic E-state index is 10.1. The van der Waals surface area contributed by atoms with Gasteiger partial charge in [0.25, 0.3) is 0 Å². The monoisotopic (exact) mass is 347 g/mol. The molecule has 2 N–H and O–H groups in total. The summed E-state index contributed by atoms with van der Waals surface area (Å²) in [4.78, 5) is 0. The van der Waals surface area contributed by atoms with Gasteiger partial charge in [-0.2, -0.15) is 11.8 Å². The molecule has 0 aromatic heterocycles. The number of aliphatic hydroxyl groups is 1. The lowest BCUT2D eigenvalue weighted by Gasteiger charge is -2.25. The summed E-state index contributed by atoms with van der Waals surface area (Å²) in [7, 11) is 1.65. The molecule has 0 aliphatic heterocycles. The Bertz CT molecular complexity index is 412. The van der Waals surface area contributed by atoms with Crippen molar-refractivity contribution in [1.82, 2.24) is 5.32 Å². The van der Waals surface area contributed by atoms with Crippen molar-refractivity contribution < 1.29 is 9.84 Å². The molecule has 0 radical (unpaired) electrons. The zero-order valence-electron chi connectivity index (χ0n) is 11.9. The number of hydrogen-bond acceptors (Lipinski definition) is 4. The number of ether oxygens (including phenoxy) is 1. The van der Waals surface area contributed by atoms with Crippen LogP contribution in [-0.2, 0) is 0 Å². The summed E-state index contributed by atoms with van der Waals surface area (Å²) in [5.41, 5.74) is 0.477. The quantitative estimate of drug-likeness (QED) is 0.794. The molecule has 0 bridgehead atoms. The standard InChI is InChI=1S/C14H22BrNO2S/c1-10(16-8-14(2,17)9-19-4)11-5-6-13(18-3)12(15)7-11/h5-7,10,16-17H,8-9H2,1-4H3. The Kier molecular flexibility index (Phi) is 6.66. The van der Waals surface area contributed by atoms with Crippen molar-refractivity contribution >= 4 is 27.7 Å². The molecule has 1 rings (SSSR count). The highest BCUT2D eigenvalue weighted by atomic mass is 79.9. The molecule has 19 heavy (non-hydrogen) atoms. The third-order valence-electron chi connectivity index (χ3n) is 2.92. The summed E-state index contributed by atoms with van der Waals surface area (Å²) >= 11 is 5.13. The predicted molar refractivity (Wildman–Crippen MR) is 86.1 cm³/mol. The number of methoxy groups -OCH3 is 1. The van der Waals surface area contributed by atoms with Gasteiger partial charge in [0.2, 0.25) is 0 Å². The van der Waals surface area contributed by atoms with Gasteiger partial charge in [0.15, 0.2) is 0 Å². The molecule has 1 aromatic rings. The van der Waals surface area contributed by atoms with E-state index in [0.29, 0.717) is 6.54 Å². The molecule has 0 spiro atoms. The van der Waals surface area contributed by atoms with Crippen LogP contribution in [-0.4, -0.2) is 36.4 Å². The van der Waals surface area contributed by atoms with Crippen LogP contribution in [0.15, 0.2) is 22.7 Å². The maximum absolute atomic E-state index is 10.1. The molecule has 0 saturated heterocycles. The van der Waals surface area contributed by atoms with Crippen LogP contribution in [0.25, 0.3) is 0 Å². The molecular weight excluding hydrogens is 326 g/mol. The molecular formula is C14H22BrNO2S. The van der Waals surface area contributed by atoms with E-state index in [9.17, 15) is 5.11 Å². The lowest BCUT2D eigenvalue weighted by molar-refractivity contribution is 0.0820. The molecule has 0 amide bonds. The fourth-order valence-electron chi connectivity index (χ4n) is 1.80. The van der Waals surface area contributed by atoms with Gasteiger partial charge in [0.1, 0.15) is 5.75 Å². The molecule has 2 unspecified atom stereocenters. The first-order valence-electron chi connectivity index (χ1n) is 6.18. The van der Waals surface area contributed by atoms with Gasteiger partial charge in [-0.05, 0) is 53.7 Å². The van der Waals surface area contributed by atoms with Gasteiger partial charge in [-0.25, -0.2) is 0 Å². The molecule has 3 nitrogen and oxygen atoms in total. The third-order valence-corrected chi connectivity index (χ3v) is 4.45. The molecule has 0 heterocycles. The van der Waals surface area contributed by atoms with Crippen LogP contribution in [0.5, 0.6) is 5.75 Å². The van der Waals surface area contributed by atoms with Gasteiger partial charge in [-0.15, -0.1) is 0 Å². The topological polar surface area (TPSA) is 41.5 Å². The van der Waals surface area contributed by atoms with Crippen molar-refractivity contribution in [2.24, 2.45) is 0 Å². The Morgan fingerprint density at radius 3 is 2.74 bits per heavy atom.